The molecule has 2 aliphatic heterocycles. The predicted molar refractivity (Wildman–Crippen MR) is 135 cm³/mol. The van der Waals surface area contributed by atoms with E-state index in [1.165, 1.54) is 0 Å². The molecular formula is C27H34N4O6. The number of benzene rings is 1. The van der Waals surface area contributed by atoms with Gasteiger partial charge in [-0.2, -0.15) is 0 Å². The number of carboxylic acids is 1. The van der Waals surface area contributed by atoms with E-state index in [0.29, 0.717) is 31.0 Å². The number of carbonyl (C=O) groups is 4. The summed E-state index contributed by atoms with van der Waals surface area (Å²) in [5.74, 6) is -1.74. The van der Waals surface area contributed by atoms with E-state index in [4.69, 9.17) is 4.74 Å². The summed E-state index contributed by atoms with van der Waals surface area (Å²) in [4.78, 5) is 56.5. The number of methoxy groups -OCH3 is 1. The molecule has 5 rings (SSSR count). The SMILES string of the molecule is COc1cccc2[nH]c(C(=O)N3C[C@@H]4CCCC[C@@H]4[C@H]3C(=O)N[C@@H](C[C@@H]3CCCNC3=O)C(=O)O)cc12. The second-order valence-corrected chi connectivity index (χ2v) is 10.5. The normalized spacial score (nSPS) is 26.3. The monoisotopic (exact) mass is 510 g/mol. The fourth-order valence-corrected chi connectivity index (χ4v) is 6.42. The van der Waals surface area contributed by atoms with Crippen LogP contribution < -0.4 is 15.4 Å². The van der Waals surface area contributed by atoms with Crippen molar-refractivity contribution in [1.82, 2.24) is 20.5 Å². The highest BCUT2D eigenvalue weighted by molar-refractivity contribution is 6.02. The summed E-state index contributed by atoms with van der Waals surface area (Å²) in [5, 5.41) is 16.1. The second kappa shape index (κ2) is 10.4. The lowest BCUT2D eigenvalue weighted by molar-refractivity contribution is -0.143. The quantitative estimate of drug-likeness (QED) is 0.451. The van der Waals surface area contributed by atoms with Gasteiger partial charge in [0.2, 0.25) is 11.8 Å². The number of nitrogens with one attached hydrogen (secondary N) is 3. The van der Waals surface area contributed by atoms with Crippen molar-refractivity contribution in [2.75, 3.05) is 20.2 Å². The van der Waals surface area contributed by atoms with Crippen LogP contribution in [0.15, 0.2) is 24.3 Å². The minimum atomic E-state index is -1.20. The van der Waals surface area contributed by atoms with Crippen LogP contribution in [0.5, 0.6) is 5.75 Å². The molecule has 3 fully saturated rings. The zero-order valence-electron chi connectivity index (χ0n) is 21.0. The Hall–Kier alpha value is -3.56. The molecule has 0 radical (unpaired) electrons. The van der Waals surface area contributed by atoms with Crippen LogP contribution >= 0.6 is 0 Å². The van der Waals surface area contributed by atoms with Gasteiger partial charge in [-0.05, 0) is 62.1 Å². The fraction of sp³-hybridized carbons (Fsp3) is 0.556. The van der Waals surface area contributed by atoms with Gasteiger partial charge in [-0.25, -0.2) is 4.79 Å². The Morgan fingerprint density at radius 3 is 2.76 bits per heavy atom. The van der Waals surface area contributed by atoms with E-state index in [-0.39, 0.29) is 30.1 Å². The maximum Gasteiger partial charge on any atom is 0.326 e. The van der Waals surface area contributed by atoms with E-state index >= 15 is 0 Å². The number of hydrogen-bond acceptors (Lipinski definition) is 5. The van der Waals surface area contributed by atoms with Crippen molar-refractivity contribution < 1.29 is 29.0 Å². The minimum absolute atomic E-state index is 0.0240. The van der Waals surface area contributed by atoms with Gasteiger partial charge in [0.15, 0.2) is 0 Å². The highest BCUT2D eigenvalue weighted by Crippen LogP contribution is 2.41. The number of ether oxygens (including phenoxy) is 1. The highest BCUT2D eigenvalue weighted by atomic mass is 16.5. The lowest BCUT2D eigenvalue weighted by atomic mass is 9.78. The standard InChI is InChI=1S/C27H34N4O6/c1-37-22-10-4-9-19-18(22)13-20(29-19)26(34)31-14-16-6-2-3-8-17(16)23(31)25(33)30-21(27(35)36)12-15-7-5-11-28-24(15)32/h4,9-10,13,15-17,21,23,29H,2-3,5-8,11-12,14H2,1H3,(H,28,32)(H,30,33)(H,35,36)/t15-,16-,17-,21-,23-/m0/s1. The number of hydrogen-bond donors (Lipinski definition) is 4. The molecule has 2 aromatic rings. The van der Waals surface area contributed by atoms with Gasteiger partial charge in [-0.1, -0.05) is 18.9 Å². The lowest BCUT2D eigenvalue weighted by Crippen LogP contribution is -2.54. The first-order chi connectivity index (χ1) is 17.9. The van der Waals surface area contributed by atoms with E-state index in [9.17, 15) is 24.3 Å². The van der Waals surface area contributed by atoms with E-state index in [0.717, 1.165) is 43.0 Å². The third kappa shape index (κ3) is 4.89. The van der Waals surface area contributed by atoms with Crippen LogP contribution in [0.2, 0.25) is 0 Å². The molecule has 3 aliphatic rings. The molecule has 0 unspecified atom stereocenters. The zero-order chi connectivity index (χ0) is 26.1. The van der Waals surface area contributed by atoms with Crippen LogP contribution in [0, 0.1) is 17.8 Å². The van der Waals surface area contributed by atoms with Crippen molar-refractivity contribution in [3.8, 4) is 5.75 Å². The third-order valence-corrected chi connectivity index (χ3v) is 8.28. The summed E-state index contributed by atoms with van der Waals surface area (Å²) < 4.78 is 5.43. The van der Waals surface area contributed by atoms with E-state index in [1.807, 2.05) is 18.2 Å². The molecule has 10 nitrogen and oxygen atoms in total. The maximum absolute atomic E-state index is 13.8. The van der Waals surface area contributed by atoms with Crippen molar-refractivity contribution in [3.05, 3.63) is 30.0 Å². The minimum Gasteiger partial charge on any atom is -0.496 e. The molecule has 10 heteroatoms. The molecule has 3 heterocycles. The van der Waals surface area contributed by atoms with Gasteiger partial charge in [-0.15, -0.1) is 0 Å². The Labute approximate surface area is 215 Å². The number of fused-ring (bicyclic) bond motifs is 2. The smallest absolute Gasteiger partial charge is 0.326 e. The first-order valence-corrected chi connectivity index (χ1v) is 13.1. The number of aromatic amines is 1. The molecule has 1 aromatic heterocycles. The van der Waals surface area contributed by atoms with E-state index in [2.05, 4.69) is 15.6 Å². The molecular weight excluding hydrogens is 476 g/mol. The van der Waals surface area contributed by atoms with E-state index in [1.54, 1.807) is 18.1 Å². The summed E-state index contributed by atoms with van der Waals surface area (Å²) >= 11 is 0. The molecule has 0 spiro atoms. The van der Waals surface area contributed by atoms with Crippen LogP contribution in [0.3, 0.4) is 0 Å². The maximum atomic E-state index is 13.8. The Balaban J connectivity index is 1.39. The fourth-order valence-electron chi connectivity index (χ4n) is 6.42. The molecule has 4 N–H and O–H groups in total. The molecule has 1 saturated carbocycles. The molecule has 5 atom stereocenters. The Morgan fingerprint density at radius 2 is 2.00 bits per heavy atom. The zero-order valence-corrected chi connectivity index (χ0v) is 21.0. The van der Waals surface area contributed by atoms with Crippen molar-refractivity contribution in [2.45, 2.75) is 57.0 Å². The topological polar surface area (TPSA) is 141 Å². The largest absolute Gasteiger partial charge is 0.496 e. The highest BCUT2D eigenvalue weighted by Gasteiger charge is 2.49. The molecule has 3 amide bonds. The first-order valence-electron chi connectivity index (χ1n) is 13.1. The van der Waals surface area contributed by atoms with Crippen LogP contribution in [0.25, 0.3) is 10.9 Å². The summed E-state index contributed by atoms with van der Waals surface area (Å²) in [6.07, 6.45) is 5.17. The molecule has 37 heavy (non-hydrogen) atoms. The number of carbonyl (C=O) groups excluding carboxylic acids is 3. The number of likely N-dealkylation sites (tertiary alicyclic amines) is 1. The Kier molecular flexibility index (Phi) is 7.08. The summed E-state index contributed by atoms with van der Waals surface area (Å²) in [7, 11) is 1.57. The molecule has 2 saturated heterocycles. The summed E-state index contributed by atoms with van der Waals surface area (Å²) in [6.45, 7) is 1.04. The average molecular weight is 511 g/mol. The number of carboxylic acid groups (broad SMARTS) is 1. The number of amides is 3. The molecule has 198 valence electrons. The molecule has 1 aliphatic carbocycles. The first kappa shape index (κ1) is 25.1. The number of aliphatic carboxylic acids is 1. The van der Waals surface area contributed by atoms with E-state index < -0.39 is 29.9 Å². The van der Waals surface area contributed by atoms with Gasteiger partial charge in [0.05, 0.1) is 7.11 Å². The summed E-state index contributed by atoms with van der Waals surface area (Å²) in [5.41, 5.74) is 1.13. The Morgan fingerprint density at radius 1 is 1.19 bits per heavy atom. The predicted octanol–water partition coefficient (Wildman–Crippen LogP) is 2.29. The summed E-state index contributed by atoms with van der Waals surface area (Å²) in [6, 6.07) is 5.32. The van der Waals surface area contributed by atoms with Gasteiger partial charge in [0, 0.05) is 29.9 Å². The second-order valence-electron chi connectivity index (χ2n) is 10.5. The van der Waals surface area contributed by atoms with Gasteiger partial charge in [0.25, 0.3) is 5.91 Å². The number of piperidine rings is 1. The molecule has 0 bridgehead atoms. The van der Waals surface area contributed by atoms with Crippen LogP contribution in [0.4, 0.5) is 0 Å². The van der Waals surface area contributed by atoms with Crippen molar-refractivity contribution >= 4 is 34.6 Å². The number of H-pyrrole nitrogens is 1. The number of aromatic nitrogens is 1. The van der Waals surface area contributed by atoms with Gasteiger partial charge in [0.1, 0.15) is 23.5 Å². The number of nitrogens with zero attached hydrogens (tertiary/aromatic N) is 1. The lowest BCUT2D eigenvalue weighted by Gasteiger charge is -2.31. The molecule has 1 aromatic carbocycles. The van der Waals surface area contributed by atoms with Gasteiger partial charge in [-0.3, -0.25) is 14.4 Å². The van der Waals surface area contributed by atoms with Gasteiger partial charge < -0.3 is 30.4 Å². The van der Waals surface area contributed by atoms with Crippen LogP contribution in [0.1, 0.15) is 55.4 Å². The van der Waals surface area contributed by atoms with Crippen molar-refractivity contribution in [3.63, 3.8) is 0 Å². The van der Waals surface area contributed by atoms with Crippen LogP contribution in [-0.2, 0) is 14.4 Å². The van der Waals surface area contributed by atoms with Crippen molar-refractivity contribution in [2.24, 2.45) is 17.8 Å². The third-order valence-electron chi connectivity index (χ3n) is 8.28. The van der Waals surface area contributed by atoms with Gasteiger partial charge >= 0.3 is 5.97 Å². The number of rotatable bonds is 7. The van der Waals surface area contributed by atoms with Crippen molar-refractivity contribution in [1.29, 1.82) is 0 Å². The average Bonchev–Trinajstić information content (AvgIpc) is 3.51. The Bertz CT molecular complexity index is 1210. The van der Waals surface area contributed by atoms with Crippen LogP contribution in [-0.4, -0.2) is 71.0 Å².